The van der Waals surface area contributed by atoms with Crippen molar-refractivity contribution in [2.24, 2.45) is 11.3 Å². The lowest BCUT2D eigenvalue weighted by atomic mass is 9.90. The normalized spacial score (nSPS) is 33.4. The van der Waals surface area contributed by atoms with Crippen molar-refractivity contribution in [1.29, 1.82) is 0 Å². The van der Waals surface area contributed by atoms with Crippen molar-refractivity contribution in [3.63, 3.8) is 0 Å². The molecule has 0 bridgehead atoms. The van der Waals surface area contributed by atoms with Gasteiger partial charge >= 0.3 is 0 Å². The molecule has 1 aliphatic carbocycles. The molecule has 0 aromatic rings. The first-order valence-electron chi connectivity index (χ1n) is 7.16. The molecule has 2 aliphatic heterocycles. The first-order valence-corrected chi connectivity index (χ1v) is 7.16. The molecule has 1 saturated carbocycles. The van der Waals surface area contributed by atoms with Gasteiger partial charge < -0.3 is 15.0 Å². The molecule has 1 spiro atoms. The summed E-state index contributed by atoms with van der Waals surface area (Å²) in [7, 11) is 0. The van der Waals surface area contributed by atoms with Crippen molar-refractivity contribution < 1.29 is 9.53 Å². The van der Waals surface area contributed by atoms with E-state index in [0.717, 1.165) is 45.4 Å². The molecular formula is C14H24N2O2. The van der Waals surface area contributed by atoms with E-state index in [2.05, 4.69) is 24.1 Å². The summed E-state index contributed by atoms with van der Waals surface area (Å²) < 4.78 is 6.01. The number of morpholine rings is 1. The third-order valence-corrected chi connectivity index (χ3v) is 4.89. The molecule has 3 aliphatic rings. The highest BCUT2D eigenvalue weighted by molar-refractivity contribution is 5.82. The number of carbonyl (C=O) groups is 1. The van der Waals surface area contributed by atoms with E-state index in [1.54, 1.807) is 0 Å². The fourth-order valence-corrected chi connectivity index (χ4v) is 3.33. The number of nitrogens with one attached hydrogen (secondary N) is 1. The lowest BCUT2D eigenvalue weighted by Gasteiger charge is -2.45. The fourth-order valence-electron chi connectivity index (χ4n) is 3.33. The van der Waals surface area contributed by atoms with Crippen molar-refractivity contribution >= 4 is 5.91 Å². The standard InChI is InChI=1S/C14H24N2O2/c1-13(2)9-11(13)12(17)16-7-8-18-14(10-16)3-5-15-6-4-14/h11,15H,3-10H2,1-2H3. The van der Waals surface area contributed by atoms with E-state index in [-0.39, 0.29) is 16.9 Å². The lowest BCUT2D eigenvalue weighted by molar-refractivity contribution is -0.156. The molecule has 4 heteroatoms. The number of amides is 1. The highest BCUT2D eigenvalue weighted by atomic mass is 16.5. The van der Waals surface area contributed by atoms with Crippen molar-refractivity contribution in [2.45, 2.75) is 38.7 Å². The Morgan fingerprint density at radius 3 is 2.61 bits per heavy atom. The van der Waals surface area contributed by atoms with Crippen LogP contribution in [0.4, 0.5) is 0 Å². The molecule has 3 fully saturated rings. The Labute approximate surface area is 109 Å². The summed E-state index contributed by atoms with van der Waals surface area (Å²) in [5.41, 5.74) is 0.175. The van der Waals surface area contributed by atoms with Crippen LogP contribution in [0.15, 0.2) is 0 Å². The van der Waals surface area contributed by atoms with Crippen LogP contribution in [0, 0.1) is 11.3 Å². The van der Waals surface area contributed by atoms with Gasteiger partial charge in [-0.25, -0.2) is 0 Å². The molecule has 0 aromatic heterocycles. The van der Waals surface area contributed by atoms with Crippen LogP contribution in [-0.2, 0) is 9.53 Å². The second kappa shape index (κ2) is 4.20. The Morgan fingerprint density at radius 2 is 2.00 bits per heavy atom. The second-order valence-electron chi connectivity index (χ2n) is 6.79. The molecule has 102 valence electrons. The zero-order valence-electron chi connectivity index (χ0n) is 11.5. The third-order valence-electron chi connectivity index (χ3n) is 4.89. The summed E-state index contributed by atoms with van der Waals surface area (Å²) in [6.07, 6.45) is 3.12. The van der Waals surface area contributed by atoms with Crippen LogP contribution < -0.4 is 5.32 Å². The van der Waals surface area contributed by atoms with Crippen LogP contribution in [0.2, 0.25) is 0 Å². The minimum Gasteiger partial charge on any atom is -0.371 e. The smallest absolute Gasteiger partial charge is 0.226 e. The monoisotopic (exact) mass is 252 g/mol. The number of carbonyl (C=O) groups excluding carboxylic acids is 1. The van der Waals surface area contributed by atoms with Crippen LogP contribution in [0.1, 0.15) is 33.1 Å². The van der Waals surface area contributed by atoms with E-state index in [4.69, 9.17) is 4.74 Å². The minimum absolute atomic E-state index is 0.0573. The maximum atomic E-state index is 12.5. The maximum absolute atomic E-state index is 12.5. The van der Waals surface area contributed by atoms with Gasteiger partial charge in [0.15, 0.2) is 0 Å². The Bertz CT molecular complexity index is 342. The predicted molar refractivity (Wildman–Crippen MR) is 69.3 cm³/mol. The number of piperidine rings is 1. The van der Waals surface area contributed by atoms with Crippen molar-refractivity contribution in [3.05, 3.63) is 0 Å². The number of hydrogen-bond acceptors (Lipinski definition) is 3. The van der Waals surface area contributed by atoms with Crippen LogP contribution in [-0.4, -0.2) is 49.2 Å². The molecular weight excluding hydrogens is 228 g/mol. The van der Waals surface area contributed by atoms with Gasteiger partial charge in [-0.2, -0.15) is 0 Å². The maximum Gasteiger partial charge on any atom is 0.226 e. The van der Waals surface area contributed by atoms with Gasteiger partial charge in [0.05, 0.1) is 12.2 Å². The summed E-state index contributed by atoms with van der Waals surface area (Å²) >= 11 is 0. The third kappa shape index (κ3) is 2.16. The molecule has 0 aromatic carbocycles. The Kier molecular flexibility index (Phi) is 2.90. The van der Waals surface area contributed by atoms with Crippen molar-refractivity contribution in [2.75, 3.05) is 32.8 Å². The lowest BCUT2D eigenvalue weighted by Crippen LogP contribution is -2.57. The zero-order valence-corrected chi connectivity index (χ0v) is 11.5. The Morgan fingerprint density at radius 1 is 1.33 bits per heavy atom. The highest BCUT2D eigenvalue weighted by Gasteiger charge is 2.53. The van der Waals surface area contributed by atoms with Crippen LogP contribution in [0.5, 0.6) is 0 Å². The molecule has 18 heavy (non-hydrogen) atoms. The largest absolute Gasteiger partial charge is 0.371 e. The second-order valence-corrected chi connectivity index (χ2v) is 6.79. The average Bonchev–Trinajstić information content (AvgIpc) is 2.98. The van der Waals surface area contributed by atoms with E-state index >= 15 is 0 Å². The van der Waals surface area contributed by atoms with Gasteiger partial charge in [-0.3, -0.25) is 4.79 Å². The molecule has 1 unspecified atom stereocenters. The summed E-state index contributed by atoms with van der Waals surface area (Å²) in [6, 6.07) is 0. The number of hydrogen-bond donors (Lipinski definition) is 1. The van der Waals surface area contributed by atoms with E-state index in [1.165, 1.54) is 0 Å². The highest BCUT2D eigenvalue weighted by Crippen LogP contribution is 2.52. The van der Waals surface area contributed by atoms with E-state index in [9.17, 15) is 4.79 Å². The predicted octanol–water partition coefficient (Wildman–Crippen LogP) is 1.01. The average molecular weight is 252 g/mol. The molecule has 0 radical (unpaired) electrons. The zero-order chi connectivity index (χ0) is 12.8. The molecule has 4 nitrogen and oxygen atoms in total. The summed E-state index contributed by atoms with van der Waals surface area (Å²) in [4.78, 5) is 14.5. The van der Waals surface area contributed by atoms with Crippen LogP contribution in [0.25, 0.3) is 0 Å². The summed E-state index contributed by atoms with van der Waals surface area (Å²) in [6.45, 7) is 8.69. The first-order chi connectivity index (χ1) is 8.53. The Balaban J connectivity index is 1.65. The number of ether oxygens (including phenoxy) is 1. The first kappa shape index (κ1) is 12.4. The van der Waals surface area contributed by atoms with Crippen LogP contribution in [0.3, 0.4) is 0 Å². The van der Waals surface area contributed by atoms with Crippen molar-refractivity contribution in [1.82, 2.24) is 10.2 Å². The Hall–Kier alpha value is -0.610. The van der Waals surface area contributed by atoms with E-state index < -0.39 is 0 Å². The summed E-state index contributed by atoms with van der Waals surface area (Å²) in [5.74, 6) is 0.621. The molecule has 1 amide bonds. The molecule has 2 heterocycles. The van der Waals surface area contributed by atoms with Gasteiger partial charge in [0.25, 0.3) is 0 Å². The number of nitrogens with zero attached hydrogens (tertiary/aromatic N) is 1. The van der Waals surface area contributed by atoms with Gasteiger partial charge in [0.2, 0.25) is 5.91 Å². The van der Waals surface area contributed by atoms with Gasteiger partial charge in [0.1, 0.15) is 0 Å². The number of rotatable bonds is 1. The fraction of sp³-hybridized carbons (Fsp3) is 0.929. The van der Waals surface area contributed by atoms with Gasteiger partial charge in [0, 0.05) is 19.0 Å². The molecule has 2 saturated heterocycles. The quantitative estimate of drug-likeness (QED) is 0.757. The van der Waals surface area contributed by atoms with Crippen LogP contribution >= 0.6 is 0 Å². The topological polar surface area (TPSA) is 41.6 Å². The van der Waals surface area contributed by atoms with Gasteiger partial charge in [-0.05, 0) is 37.8 Å². The van der Waals surface area contributed by atoms with E-state index in [1.807, 2.05) is 0 Å². The summed E-state index contributed by atoms with van der Waals surface area (Å²) in [5, 5.41) is 3.37. The van der Waals surface area contributed by atoms with Gasteiger partial charge in [-0.1, -0.05) is 13.8 Å². The minimum atomic E-state index is -0.0573. The van der Waals surface area contributed by atoms with Crippen molar-refractivity contribution in [3.8, 4) is 0 Å². The van der Waals surface area contributed by atoms with E-state index in [0.29, 0.717) is 12.5 Å². The molecule has 1 N–H and O–H groups in total. The molecule has 3 rings (SSSR count). The SMILES string of the molecule is CC1(C)CC1C(=O)N1CCOC2(CCNCC2)C1. The molecule has 1 atom stereocenters. The van der Waals surface area contributed by atoms with Gasteiger partial charge in [-0.15, -0.1) is 0 Å².